The van der Waals surface area contributed by atoms with E-state index in [9.17, 15) is 37.8 Å². The second-order valence-electron chi connectivity index (χ2n) is 2.17. The number of aliphatic hydroxyl groups is 1. The van der Waals surface area contributed by atoms with Crippen LogP contribution in [0.3, 0.4) is 0 Å². The van der Waals surface area contributed by atoms with Gasteiger partial charge in [0.25, 0.3) is 0 Å². The molecule has 11 nitrogen and oxygen atoms in total. The Kier molecular flexibility index (Phi) is 28.5. The first-order valence-electron chi connectivity index (χ1n) is 3.71. The molecule has 0 aliphatic heterocycles. The second kappa shape index (κ2) is 19.7. The molecule has 4 atom stereocenters. The van der Waals surface area contributed by atoms with Gasteiger partial charge < -0.3 is 24.7 Å². The van der Waals surface area contributed by atoms with Crippen LogP contribution in [0.4, 0.5) is 0 Å². The third-order valence-electron chi connectivity index (χ3n) is 0.537. The van der Waals surface area contributed by atoms with Gasteiger partial charge in [-0.05, 0) is 25.2 Å². The van der Waals surface area contributed by atoms with Crippen molar-refractivity contribution in [1.29, 1.82) is 0 Å². The van der Waals surface area contributed by atoms with Gasteiger partial charge in [0.2, 0.25) is 0 Å². The van der Waals surface area contributed by atoms with Crippen LogP contribution in [0, 0.1) is 0 Å². The Morgan fingerprint density at radius 3 is 1.10 bits per heavy atom. The summed E-state index contributed by atoms with van der Waals surface area (Å²) >= 11 is 0. The summed E-state index contributed by atoms with van der Waals surface area (Å²) in [7, 11) is -12.9. The maximum absolute atomic E-state index is 9.24. The average Bonchev–Trinajstić information content (AvgIpc) is 2.14. The minimum absolute atomic E-state index is 0. The van der Waals surface area contributed by atoms with E-state index in [1.165, 1.54) is 0 Å². The quantitative estimate of drug-likeness (QED) is 0.385. The van der Waals surface area contributed by atoms with Crippen molar-refractivity contribution in [3.63, 3.8) is 0 Å². The van der Waals surface area contributed by atoms with Crippen molar-refractivity contribution >= 4 is 33.0 Å². The molecular weight excluding hydrogens is 439 g/mol. The molecule has 0 fully saturated rings. The van der Waals surface area contributed by atoms with Gasteiger partial charge in [-0.15, -0.1) is 0 Å². The average molecular weight is 447 g/mol. The fraction of sp³-hybridized carbons (Fsp3) is 0.500. The van der Waals surface area contributed by atoms with Gasteiger partial charge in [0.05, 0.1) is 6.61 Å². The fourth-order valence-electron chi connectivity index (χ4n) is 0.109. The molecule has 0 saturated heterocycles. The molecule has 0 aliphatic rings. The summed E-state index contributed by atoms with van der Waals surface area (Å²) in [5.41, 5.74) is 0.810. The van der Waals surface area contributed by atoms with Gasteiger partial charge in [0, 0.05) is 0 Å². The van der Waals surface area contributed by atoms with Gasteiger partial charge in [-0.3, -0.25) is 0 Å². The van der Waals surface area contributed by atoms with Gasteiger partial charge in [0.1, 0.15) is 8.62 Å². The van der Waals surface area contributed by atoms with Crippen molar-refractivity contribution in [3.8, 4) is 0 Å². The summed E-state index contributed by atoms with van der Waals surface area (Å²) in [4.78, 5) is 37.0. The van der Waals surface area contributed by atoms with Gasteiger partial charge in [-0.1, -0.05) is 12.2 Å². The van der Waals surface area contributed by atoms with Gasteiger partial charge in [-0.25, -0.2) is 0 Å². The second-order valence-corrected chi connectivity index (χ2v) is 5.27. The zero-order valence-electron chi connectivity index (χ0n) is 9.73. The molecule has 0 radical (unpaired) electrons. The Labute approximate surface area is 136 Å². The fourth-order valence-corrected chi connectivity index (χ4v) is 0.980. The molecule has 4 unspecified atom stereocenters. The van der Waals surface area contributed by atoms with Crippen molar-refractivity contribution < 1.29 is 77.8 Å². The smallest absolute Gasteiger partial charge is 0.563 e. The minimum atomic E-state index is -3.24. The van der Waals surface area contributed by atoms with Crippen LogP contribution >= 0.6 is 33.0 Å². The maximum atomic E-state index is 9.24. The van der Waals surface area contributed by atoms with E-state index in [0.717, 1.165) is 5.57 Å². The van der Waals surface area contributed by atoms with E-state index < -0.39 is 33.0 Å². The molecule has 110 valence electrons. The third kappa shape index (κ3) is 51.1. The standard InChI is InChI=1S/C4H8O.2O5P2.Zr/c1-4(2)3-5;2*1-6(2)5-7(3)4;/h5H,1,3H2,2H3;;;/q;;;+4. The topological polar surface area (TPSA) is 199 Å². The number of rotatable bonds is 5. The van der Waals surface area contributed by atoms with Crippen molar-refractivity contribution in [2.75, 3.05) is 6.61 Å². The predicted molar refractivity (Wildman–Crippen MR) is 54.5 cm³/mol. The van der Waals surface area contributed by atoms with Crippen LogP contribution in [0.5, 0.6) is 0 Å². The SMILES string of the molecule is C=C(C)CO.O=[P+]([O-])O[P+](=O)[O-].O=[P+]([O-])O[P+](=O)[O-].[Zr+4]. The summed E-state index contributed by atoms with van der Waals surface area (Å²) in [5.74, 6) is 0. The van der Waals surface area contributed by atoms with Crippen molar-refractivity contribution in [2.45, 2.75) is 6.92 Å². The minimum Gasteiger partial charge on any atom is -0.563 e. The van der Waals surface area contributed by atoms with E-state index in [0.29, 0.717) is 0 Å². The van der Waals surface area contributed by atoms with Crippen LogP contribution in [0.1, 0.15) is 6.92 Å². The van der Waals surface area contributed by atoms with E-state index in [2.05, 4.69) is 15.2 Å². The Morgan fingerprint density at radius 2 is 1.10 bits per heavy atom. The van der Waals surface area contributed by atoms with Crippen LogP contribution in [-0.4, -0.2) is 11.7 Å². The Balaban J connectivity index is -0.0000000952. The van der Waals surface area contributed by atoms with Crippen LogP contribution in [0.15, 0.2) is 12.2 Å². The van der Waals surface area contributed by atoms with Crippen LogP contribution in [0.25, 0.3) is 0 Å². The largest absolute Gasteiger partial charge is 4.00 e. The van der Waals surface area contributed by atoms with Gasteiger partial charge in [-0.2, -0.15) is 0 Å². The molecule has 0 aromatic heterocycles. The number of aliphatic hydroxyl groups excluding tert-OH is 1. The monoisotopic (exact) mass is 446 g/mol. The van der Waals surface area contributed by atoms with Gasteiger partial charge in [0.15, 0.2) is 0 Å². The summed E-state index contributed by atoms with van der Waals surface area (Å²) in [6, 6.07) is 0. The first-order chi connectivity index (χ1) is 8.52. The molecule has 0 rings (SSSR count). The summed E-state index contributed by atoms with van der Waals surface area (Å²) in [6.45, 7) is 5.31. The van der Waals surface area contributed by atoms with Crippen molar-refractivity contribution in [1.82, 2.24) is 0 Å². The molecule has 20 heavy (non-hydrogen) atoms. The zero-order chi connectivity index (χ0) is 16.0. The van der Waals surface area contributed by atoms with E-state index in [4.69, 9.17) is 5.11 Å². The maximum Gasteiger partial charge on any atom is 4.00 e. The Hall–Kier alpha value is 0.743. The molecule has 16 heteroatoms. The Bertz CT molecular complexity index is 295. The summed E-state index contributed by atoms with van der Waals surface area (Å²) < 4.78 is 43.3. The van der Waals surface area contributed by atoms with Gasteiger partial charge >= 0.3 is 59.2 Å². The molecule has 0 aliphatic carbocycles. The molecule has 0 heterocycles. The number of hydrogen-bond donors (Lipinski definition) is 1. The third-order valence-corrected chi connectivity index (χ3v) is 2.67. The van der Waals surface area contributed by atoms with Crippen LogP contribution in [-0.2, 0) is 53.1 Å². The molecular formula is C4H8O11P4Zr+4. The van der Waals surface area contributed by atoms with E-state index in [1.54, 1.807) is 6.92 Å². The Morgan fingerprint density at radius 1 is 0.950 bits per heavy atom. The first-order valence-corrected chi connectivity index (χ1v) is 8.10. The van der Waals surface area contributed by atoms with Crippen molar-refractivity contribution in [2.24, 2.45) is 0 Å². The molecule has 0 aromatic carbocycles. The normalized spacial score (nSPS) is 11.3. The molecule has 1 N–H and O–H groups in total. The summed E-state index contributed by atoms with van der Waals surface area (Å²) in [6.07, 6.45) is 0. The predicted octanol–water partition coefficient (Wildman–Crippen LogP) is -1.37. The molecule has 0 amide bonds. The van der Waals surface area contributed by atoms with E-state index >= 15 is 0 Å². The first kappa shape index (κ1) is 28.8. The van der Waals surface area contributed by atoms with E-state index in [1.807, 2.05) is 0 Å². The molecule has 0 spiro atoms. The van der Waals surface area contributed by atoms with Crippen LogP contribution < -0.4 is 19.6 Å². The molecule has 0 aromatic rings. The molecule has 0 bridgehead atoms. The zero-order valence-corrected chi connectivity index (χ0v) is 15.8. The van der Waals surface area contributed by atoms with Crippen LogP contribution in [0.2, 0.25) is 0 Å². The summed E-state index contributed by atoms with van der Waals surface area (Å²) in [5, 5.41) is 8.04. The number of hydrogen-bond acceptors (Lipinski definition) is 11. The van der Waals surface area contributed by atoms with E-state index in [-0.39, 0.29) is 32.8 Å². The van der Waals surface area contributed by atoms with Crippen molar-refractivity contribution in [3.05, 3.63) is 12.2 Å². The molecule has 0 saturated carbocycles.